The highest BCUT2D eigenvalue weighted by atomic mass is 19.1. The van der Waals surface area contributed by atoms with Crippen LogP contribution in [-0.4, -0.2) is 27.1 Å². The molecule has 9 heteroatoms. The lowest BCUT2D eigenvalue weighted by Crippen LogP contribution is -2.42. The van der Waals surface area contributed by atoms with Crippen LogP contribution < -0.4 is 21.3 Å². The third-order valence-electron chi connectivity index (χ3n) is 4.93. The van der Waals surface area contributed by atoms with E-state index in [0.717, 1.165) is 9.13 Å². The fraction of sp³-hybridized carbons (Fsp3) is 0.130. The molecule has 1 N–H and O–H groups in total. The number of benzene rings is 2. The highest BCUT2D eigenvalue weighted by molar-refractivity contribution is 5.91. The van der Waals surface area contributed by atoms with Crippen LogP contribution >= 0.6 is 0 Å². The van der Waals surface area contributed by atoms with Gasteiger partial charge in [0, 0.05) is 6.20 Å². The van der Waals surface area contributed by atoms with Gasteiger partial charge in [0.25, 0.3) is 5.56 Å². The summed E-state index contributed by atoms with van der Waals surface area (Å²) in [4.78, 5) is 42.9. The number of aromatic nitrogens is 3. The van der Waals surface area contributed by atoms with Crippen molar-refractivity contribution in [2.75, 3.05) is 12.4 Å². The summed E-state index contributed by atoms with van der Waals surface area (Å²) in [6.45, 7) is -0.439. The van der Waals surface area contributed by atoms with E-state index in [1.807, 2.05) is 0 Å². The lowest BCUT2D eigenvalue weighted by atomic mass is 10.2. The second-order valence-electron chi connectivity index (χ2n) is 7.01. The summed E-state index contributed by atoms with van der Waals surface area (Å²) in [7, 11) is 1.54. The number of ether oxygens (including phenoxy) is 1. The molecular formula is C23H19FN4O4. The van der Waals surface area contributed by atoms with E-state index in [0.29, 0.717) is 11.3 Å². The van der Waals surface area contributed by atoms with Crippen LogP contribution in [0.1, 0.15) is 5.56 Å². The number of pyridine rings is 1. The fourth-order valence-corrected chi connectivity index (χ4v) is 3.34. The first-order valence-electron chi connectivity index (χ1n) is 9.73. The average molecular weight is 434 g/mol. The molecule has 0 aliphatic heterocycles. The van der Waals surface area contributed by atoms with Gasteiger partial charge in [0.15, 0.2) is 0 Å². The van der Waals surface area contributed by atoms with Gasteiger partial charge in [-0.2, -0.15) is 0 Å². The topological polar surface area (TPSA) is 95.2 Å². The summed E-state index contributed by atoms with van der Waals surface area (Å²) >= 11 is 0. The number of methoxy groups -OCH3 is 1. The molecule has 2 aromatic heterocycles. The van der Waals surface area contributed by atoms with Gasteiger partial charge in [-0.1, -0.05) is 24.3 Å². The van der Waals surface area contributed by atoms with Crippen molar-refractivity contribution in [3.05, 3.63) is 99.1 Å². The third kappa shape index (κ3) is 4.13. The third-order valence-corrected chi connectivity index (χ3v) is 4.93. The van der Waals surface area contributed by atoms with E-state index in [9.17, 15) is 18.8 Å². The predicted octanol–water partition coefficient (Wildman–Crippen LogP) is 2.39. The molecule has 0 spiro atoms. The highest BCUT2D eigenvalue weighted by Crippen LogP contribution is 2.14. The molecule has 0 atom stereocenters. The van der Waals surface area contributed by atoms with Crippen molar-refractivity contribution in [1.82, 2.24) is 14.1 Å². The minimum absolute atomic E-state index is 0.00142. The Hall–Kier alpha value is -4.27. The van der Waals surface area contributed by atoms with E-state index in [4.69, 9.17) is 4.74 Å². The number of rotatable bonds is 6. The molecule has 2 aromatic carbocycles. The summed E-state index contributed by atoms with van der Waals surface area (Å²) in [6.07, 6.45) is 1.43. The van der Waals surface area contributed by atoms with Crippen molar-refractivity contribution in [1.29, 1.82) is 0 Å². The van der Waals surface area contributed by atoms with Crippen LogP contribution in [0.25, 0.3) is 11.0 Å². The number of hydrogen-bond acceptors (Lipinski definition) is 5. The number of carbonyl (C=O) groups excluding carboxylic acids is 1. The Morgan fingerprint density at radius 3 is 2.50 bits per heavy atom. The molecule has 0 saturated carbocycles. The summed E-state index contributed by atoms with van der Waals surface area (Å²) in [5.74, 6) is -0.578. The van der Waals surface area contributed by atoms with Crippen LogP contribution in [0.15, 0.2) is 76.4 Å². The normalized spacial score (nSPS) is 10.8. The molecule has 0 radical (unpaired) electrons. The Morgan fingerprint density at radius 1 is 1.03 bits per heavy atom. The second-order valence-corrected chi connectivity index (χ2v) is 7.01. The van der Waals surface area contributed by atoms with Crippen molar-refractivity contribution in [3.63, 3.8) is 0 Å². The maximum absolute atomic E-state index is 13.9. The van der Waals surface area contributed by atoms with Gasteiger partial charge in [0.2, 0.25) is 5.91 Å². The first kappa shape index (κ1) is 21.0. The second kappa shape index (κ2) is 8.84. The molecule has 0 fully saturated rings. The zero-order valence-electron chi connectivity index (χ0n) is 17.1. The van der Waals surface area contributed by atoms with Crippen LogP contribution in [0.5, 0.6) is 5.75 Å². The number of fused-ring (bicyclic) bond motifs is 1. The summed E-state index contributed by atoms with van der Waals surface area (Å²) in [5, 5.41) is 2.64. The van der Waals surface area contributed by atoms with Gasteiger partial charge in [-0.05, 0) is 42.0 Å². The molecule has 4 aromatic rings. The maximum atomic E-state index is 13.9. The van der Waals surface area contributed by atoms with Gasteiger partial charge in [0.05, 0.1) is 24.7 Å². The van der Waals surface area contributed by atoms with Gasteiger partial charge in [-0.25, -0.2) is 14.2 Å². The van der Waals surface area contributed by atoms with Crippen molar-refractivity contribution >= 4 is 22.6 Å². The molecule has 0 saturated heterocycles. The number of anilines is 1. The van der Waals surface area contributed by atoms with Gasteiger partial charge < -0.3 is 10.1 Å². The Labute approximate surface area is 181 Å². The SMILES string of the molecule is COc1ccc(Cn2c(=O)c3cccnc3n(CC(=O)Nc3ccccc3F)c2=O)cc1. The van der Waals surface area contributed by atoms with Crippen molar-refractivity contribution in [3.8, 4) is 5.75 Å². The standard InChI is InChI=1S/C23H19FN4O4/c1-32-16-10-8-15(9-11-16)13-28-22(30)17-5-4-12-25-21(17)27(23(28)31)14-20(29)26-19-7-3-2-6-18(19)24/h2-12H,13-14H2,1H3,(H,26,29). The monoisotopic (exact) mass is 434 g/mol. The zero-order valence-corrected chi connectivity index (χ0v) is 17.1. The van der Waals surface area contributed by atoms with Gasteiger partial charge in [-0.3, -0.25) is 18.7 Å². The van der Waals surface area contributed by atoms with Crippen LogP contribution in [0, 0.1) is 5.82 Å². The highest BCUT2D eigenvalue weighted by Gasteiger charge is 2.17. The van der Waals surface area contributed by atoms with E-state index >= 15 is 0 Å². The van der Waals surface area contributed by atoms with E-state index < -0.39 is 29.5 Å². The van der Waals surface area contributed by atoms with Crippen LogP contribution in [0.4, 0.5) is 10.1 Å². The summed E-state index contributed by atoms with van der Waals surface area (Å²) < 4.78 is 21.2. The number of nitrogens with zero attached hydrogens (tertiary/aromatic N) is 3. The lowest BCUT2D eigenvalue weighted by molar-refractivity contribution is -0.116. The molecule has 0 aliphatic carbocycles. The van der Waals surface area contributed by atoms with Crippen molar-refractivity contribution < 1.29 is 13.9 Å². The number of nitrogens with one attached hydrogen (secondary N) is 1. The van der Waals surface area contributed by atoms with Crippen LogP contribution in [-0.2, 0) is 17.9 Å². The lowest BCUT2D eigenvalue weighted by Gasteiger charge is -2.14. The summed E-state index contributed by atoms with van der Waals surface area (Å²) in [5.41, 5.74) is -0.428. The number of halogens is 1. The zero-order chi connectivity index (χ0) is 22.7. The van der Waals surface area contributed by atoms with Crippen molar-refractivity contribution in [2.45, 2.75) is 13.1 Å². The van der Waals surface area contributed by atoms with E-state index in [2.05, 4.69) is 10.3 Å². The Bertz CT molecular complexity index is 1410. The molecule has 1 amide bonds. The summed E-state index contributed by atoms with van der Waals surface area (Å²) in [6, 6.07) is 15.8. The van der Waals surface area contributed by atoms with Crippen LogP contribution in [0.3, 0.4) is 0 Å². The molecule has 162 valence electrons. The van der Waals surface area contributed by atoms with Gasteiger partial charge in [-0.15, -0.1) is 0 Å². The fourth-order valence-electron chi connectivity index (χ4n) is 3.34. The number of hydrogen-bond donors (Lipinski definition) is 1. The van der Waals surface area contributed by atoms with E-state index in [1.54, 1.807) is 49.6 Å². The molecule has 32 heavy (non-hydrogen) atoms. The molecule has 0 aliphatic rings. The van der Waals surface area contributed by atoms with Crippen molar-refractivity contribution in [2.24, 2.45) is 0 Å². The van der Waals surface area contributed by atoms with E-state index in [1.165, 1.54) is 24.4 Å². The predicted molar refractivity (Wildman–Crippen MR) is 117 cm³/mol. The molecule has 2 heterocycles. The Morgan fingerprint density at radius 2 is 1.78 bits per heavy atom. The molecule has 0 unspecified atom stereocenters. The minimum Gasteiger partial charge on any atom is -0.497 e. The molecule has 0 bridgehead atoms. The number of carbonyl (C=O) groups is 1. The van der Waals surface area contributed by atoms with Crippen LogP contribution in [0.2, 0.25) is 0 Å². The smallest absolute Gasteiger partial charge is 0.333 e. The Kier molecular flexibility index (Phi) is 5.80. The molecule has 4 rings (SSSR count). The first-order chi connectivity index (χ1) is 15.5. The number of amides is 1. The minimum atomic E-state index is -0.694. The maximum Gasteiger partial charge on any atom is 0.333 e. The average Bonchev–Trinajstić information content (AvgIpc) is 2.81. The largest absolute Gasteiger partial charge is 0.497 e. The van der Waals surface area contributed by atoms with Gasteiger partial charge >= 0.3 is 5.69 Å². The number of para-hydroxylation sites is 1. The molecular weight excluding hydrogens is 415 g/mol. The van der Waals surface area contributed by atoms with Gasteiger partial charge in [0.1, 0.15) is 23.8 Å². The first-order valence-corrected chi connectivity index (χ1v) is 9.73. The Balaban J connectivity index is 1.74. The quantitative estimate of drug-likeness (QED) is 0.503. The van der Waals surface area contributed by atoms with E-state index in [-0.39, 0.29) is 23.3 Å². The molecule has 8 nitrogen and oxygen atoms in total.